The molecule has 3 heterocycles. The molecule has 1 atom stereocenters. The van der Waals surface area contributed by atoms with Crippen molar-refractivity contribution in [1.29, 1.82) is 0 Å². The summed E-state index contributed by atoms with van der Waals surface area (Å²) >= 11 is 0. The molecule has 1 saturated heterocycles. The molecule has 24 heavy (non-hydrogen) atoms. The lowest BCUT2D eigenvalue weighted by Crippen LogP contribution is -2.39. The molecular formula is C17H16F2N4O. The van der Waals surface area contributed by atoms with Crippen molar-refractivity contribution in [3.05, 3.63) is 59.6 Å². The fourth-order valence-corrected chi connectivity index (χ4v) is 3.07. The van der Waals surface area contributed by atoms with Crippen molar-refractivity contribution in [3.63, 3.8) is 0 Å². The molecule has 1 aromatic carbocycles. The molecule has 124 valence electrons. The summed E-state index contributed by atoms with van der Waals surface area (Å²) in [6.45, 7) is 3.46. The lowest BCUT2D eigenvalue weighted by atomic mass is 10.1. The number of halogens is 2. The highest BCUT2D eigenvalue weighted by atomic mass is 19.1. The van der Waals surface area contributed by atoms with Crippen molar-refractivity contribution in [2.45, 2.75) is 13.0 Å². The Labute approximate surface area is 137 Å². The van der Waals surface area contributed by atoms with E-state index in [1.165, 1.54) is 12.1 Å². The highest BCUT2D eigenvalue weighted by molar-refractivity contribution is 5.69. The smallest absolute Gasteiger partial charge is 0.154 e. The molecule has 2 aromatic heterocycles. The van der Waals surface area contributed by atoms with Crippen LogP contribution >= 0.6 is 0 Å². The number of anilines is 1. The number of nitrogens with zero attached hydrogens (tertiary/aromatic N) is 4. The van der Waals surface area contributed by atoms with Crippen LogP contribution in [-0.4, -0.2) is 34.3 Å². The Morgan fingerprint density at radius 3 is 2.96 bits per heavy atom. The van der Waals surface area contributed by atoms with Gasteiger partial charge in [-0.1, -0.05) is 6.07 Å². The molecule has 1 aliphatic heterocycles. The van der Waals surface area contributed by atoms with E-state index in [4.69, 9.17) is 4.74 Å². The van der Waals surface area contributed by atoms with E-state index in [2.05, 4.69) is 10.1 Å². The van der Waals surface area contributed by atoms with Crippen LogP contribution in [0.1, 0.15) is 17.4 Å². The van der Waals surface area contributed by atoms with Gasteiger partial charge in [0, 0.05) is 30.6 Å². The fourth-order valence-electron chi connectivity index (χ4n) is 3.07. The van der Waals surface area contributed by atoms with Gasteiger partial charge in [-0.15, -0.1) is 0 Å². The van der Waals surface area contributed by atoms with Crippen LogP contribution in [0.2, 0.25) is 0 Å². The van der Waals surface area contributed by atoms with E-state index in [0.29, 0.717) is 25.3 Å². The highest BCUT2D eigenvalue weighted by Gasteiger charge is 2.26. The molecule has 0 N–H and O–H groups in total. The van der Waals surface area contributed by atoms with Gasteiger partial charge >= 0.3 is 0 Å². The first-order valence-electron chi connectivity index (χ1n) is 7.74. The van der Waals surface area contributed by atoms with Gasteiger partial charge in [-0.25, -0.2) is 18.3 Å². The van der Waals surface area contributed by atoms with E-state index >= 15 is 0 Å². The maximum Gasteiger partial charge on any atom is 0.154 e. The molecule has 0 unspecified atom stereocenters. The zero-order valence-electron chi connectivity index (χ0n) is 13.1. The maximum atomic E-state index is 14.1. The topological polar surface area (TPSA) is 42.7 Å². The van der Waals surface area contributed by atoms with Crippen molar-refractivity contribution >= 4 is 11.3 Å². The maximum absolute atomic E-state index is 14.1. The zero-order chi connectivity index (χ0) is 16.7. The summed E-state index contributed by atoms with van der Waals surface area (Å²) in [4.78, 5) is 6.51. The van der Waals surface area contributed by atoms with E-state index < -0.39 is 17.7 Å². The normalized spacial score (nSPS) is 18.3. The third-order valence-electron chi connectivity index (χ3n) is 4.17. The Hall–Kier alpha value is -2.54. The average Bonchev–Trinajstić information content (AvgIpc) is 2.95. The van der Waals surface area contributed by atoms with Crippen LogP contribution in [0.25, 0.3) is 5.52 Å². The quantitative estimate of drug-likeness (QED) is 0.725. The minimum Gasteiger partial charge on any atom is -0.370 e. The molecule has 0 aliphatic carbocycles. The van der Waals surface area contributed by atoms with Crippen molar-refractivity contribution in [2.75, 3.05) is 24.6 Å². The largest absolute Gasteiger partial charge is 0.370 e. The molecule has 0 bridgehead atoms. The van der Waals surface area contributed by atoms with Gasteiger partial charge in [0.1, 0.15) is 23.3 Å². The fraction of sp³-hybridized carbons (Fsp3) is 0.294. The summed E-state index contributed by atoms with van der Waals surface area (Å²) in [6, 6.07) is 5.54. The van der Waals surface area contributed by atoms with Gasteiger partial charge in [0.25, 0.3) is 0 Å². The van der Waals surface area contributed by atoms with Crippen molar-refractivity contribution in [1.82, 2.24) is 14.6 Å². The monoisotopic (exact) mass is 330 g/mol. The first kappa shape index (κ1) is 15.0. The van der Waals surface area contributed by atoms with Crippen molar-refractivity contribution in [3.8, 4) is 0 Å². The predicted molar refractivity (Wildman–Crippen MR) is 85.0 cm³/mol. The van der Waals surface area contributed by atoms with Crippen LogP contribution in [0.4, 0.5) is 14.6 Å². The molecule has 0 saturated carbocycles. The Morgan fingerprint density at radius 1 is 1.25 bits per heavy atom. The second-order valence-corrected chi connectivity index (χ2v) is 5.84. The molecule has 1 fully saturated rings. The molecule has 0 radical (unpaired) electrons. The number of rotatable bonds is 2. The molecule has 0 spiro atoms. The number of hydrogen-bond acceptors (Lipinski definition) is 4. The number of ether oxygens (including phenoxy) is 1. The first-order valence-corrected chi connectivity index (χ1v) is 7.74. The summed E-state index contributed by atoms with van der Waals surface area (Å²) in [6.07, 6.45) is 3.02. The van der Waals surface area contributed by atoms with E-state index in [-0.39, 0.29) is 0 Å². The summed E-state index contributed by atoms with van der Waals surface area (Å²) in [5.74, 6) is -0.396. The van der Waals surface area contributed by atoms with E-state index in [9.17, 15) is 8.78 Å². The number of morpholine rings is 1. The molecular weight excluding hydrogens is 314 g/mol. The SMILES string of the molecule is Cc1cc2c(N3CCO[C@H](c4ccc(F)cc4F)C3)nccn2n1. The summed E-state index contributed by atoms with van der Waals surface area (Å²) in [5.41, 5.74) is 2.16. The number of aromatic nitrogens is 3. The Kier molecular flexibility index (Phi) is 3.65. The number of benzene rings is 1. The Morgan fingerprint density at radius 2 is 2.12 bits per heavy atom. The summed E-state index contributed by atoms with van der Waals surface area (Å²) in [7, 11) is 0. The van der Waals surface area contributed by atoms with E-state index in [1.807, 2.05) is 17.9 Å². The van der Waals surface area contributed by atoms with E-state index in [0.717, 1.165) is 23.1 Å². The third-order valence-corrected chi connectivity index (χ3v) is 4.17. The minimum absolute atomic E-state index is 0.359. The van der Waals surface area contributed by atoms with Gasteiger partial charge in [0.05, 0.1) is 18.8 Å². The molecule has 4 rings (SSSR count). The molecule has 1 aliphatic rings. The lowest BCUT2D eigenvalue weighted by molar-refractivity contribution is 0.0373. The summed E-state index contributed by atoms with van der Waals surface area (Å²) in [5, 5.41) is 4.39. The van der Waals surface area contributed by atoms with Gasteiger partial charge in [-0.3, -0.25) is 0 Å². The predicted octanol–water partition coefficient (Wildman–Crippen LogP) is 2.89. The molecule has 7 heteroatoms. The minimum atomic E-state index is -0.593. The van der Waals surface area contributed by atoms with Crippen LogP contribution in [0, 0.1) is 18.6 Å². The second-order valence-electron chi connectivity index (χ2n) is 5.84. The standard InChI is InChI=1S/C17H16F2N4O/c1-11-8-15-17(20-4-5-23(15)21-11)22-6-7-24-16(10-22)13-3-2-12(18)9-14(13)19/h2-5,8-9,16H,6-7,10H2,1H3/t16-/m0/s1. The third kappa shape index (κ3) is 2.60. The first-order chi connectivity index (χ1) is 11.6. The van der Waals surface area contributed by atoms with Crippen LogP contribution in [0.15, 0.2) is 36.7 Å². The number of fused-ring (bicyclic) bond motifs is 1. The average molecular weight is 330 g/mol. The van der Waals surface area contributed by atoms with Gasteiger partial charge in [-0.05, 0) is 19.1 Å². The second kappa shape index (κ2) is 5.83. The van der Waals surface area contributed by atoms with Gasteiger partial charge in [0.2, 0.25) is 0 Å². The lowest BCUT2D eigenvalue weighted by Gasteiger charge is -2.34. The zero-order valence-corrected chi connectivity index (χ0v) is 13.1. The van der Waals surface area contributed by atoms with Crippen molar-refractivity contribution < 1.29 is 13.5 Å². The van der Waals surface area contributed by atoms with Gasteiger partial charge in [-0.2, -0.15) is 5.10 Å². The number of hydrogen-bond donors (Lipinski definition) is 0. The van der Waals surface area contributed by atoms with Crippen LogP contribution in [-0.2, 0) is 4.74 Å². The van der Waals surface area contributed by atoms with Gasteiger partial charge < -0.3 is 9.64 Å². The molecule has 0 amide bonds. The Bertz CT molecular complexity index is 895. The van der Waals surface area contributed by atoms with Crippen LogP contribution < -0.4 is 4.90 Å². The molecule has 5 nitrogen and oxygen atoms in total. The molecule has 3 aromatic rings. The van der Waals surface area contributed by atoms with Crippen molar-refractivity contribution in [2.24, 2.45) is 0 Å². The van der Waals surface area contributed by atoms with E-state index in [1.54, 1.807) is 16.9 Å². The van der Waals surface area contributed by atoms with Crippen LogP contribution in [0.3, 0.4) is 0 Å². The number of aryl methyl sites for hydroxylation is 1. The van der Waals surface area contributed by atoms with Crippen LogP contribution in [0.5, 0.6) is 0 Å². The highest BCUT2D eigenvalue weighted by Crippen LogP contribution is 2.29. The van der Waals surface area contributed by atoms with Gasteiger partial charge in [0.15, 0.2) is 5.82 Å². The Balaban J connectivity index is 1.67. The summed E-state index contributed by atoms with van der Waals surface area (Å²) < 4.78 is 34.7.